The van der Waals surface area contributed by atoms with Gasteiger partial charge >= 0.3 is 0 Å². The molecule has 0 aliphatic carbocycles. The summed E-state index contributed by atoms with van der Waals surface area (Å²) in [4.78, 5) is 12.5. The monoisotopic (exact) mass is 432 g/mol. The van der Waals surface area contributed by atoms with Crippen LogP contribution in [-0.2, 0) is 4.74 Å². The van der Waals surface area contributed by atoms with Gasteiger partial charge in [-0.2, -0.15) is 0 Å². The molecular formula is C21H20O10. The lowest BCUT2D eigenvalue weighted by Crippen LogP contribution is -2.58. The molecule has 2 heterocycles. The highest BCUT2D eigenvalue weighted by Gasteiger charge is 2.43. The van der Waals surface area contributed by atoms with Crippen LogP contribution in [0.15, 0.2) is 45.6 Å². The highest BCUT2D eigenvalue weighted by atomic mass is 16.7. The number of aromatic hydroxyl groups is 3. The number of hydrogen-bond acceptors (Lipinski definition) is 10. The molecule has 31 heavy (non-hydrogen) atoms. The molecule has 0 radical (unpaired) electrons. The van der Waals surface area contributed by atoms with Crippen LogP contribution in [0.4, 0.5) is 0 Å². The average Bonchev–Trinajstić information content (AvgIpc) is 2.74. The van der Waals surface area contributed by atoms with Crippen molar-refractivity contribution in [1.29, 1.82) is 0 Å². The van der Waals surface area contributed by atoms with E-state index in [4.69, 9.17) is 13.9 Å². The molecule has 1 aliphatic heterocycles. The van der Waals surface area contributed by atoms with Crippen molar-refractivity contribution in [1.82, 2.24) is 0 Å². The predicted octanol–water partition coefficient (Wildman–Crippen LogP) is 0.783. The first kappa shape index (κ1) is 20.9. The van der Waals surface area contributed by atoms with Crippen molar-refractivity contribution in [2.45, 2.75) is 37.6 Å². The number of fused-ring (bicyclic) bond motifs is 1. The van der Waals surface area contributed by atoms with Crippen molar-refractivity contribution in [3.63, 3.8) is 0 Å². The zero-order valence-corrected chi connectivity index (χ0v) is 16.2. The van der Waals surface area contributed by atoms with Crippen molar-refractivity contribution in [2.75, 3.05) is 0 Å². The molecule has 1 saturated heterocycles. The molecule has 0 unspecified atom stereocenters. The summed E-state index contributed by atoms with van der Waals surface area (Å²) in [5.74, 6) is -1.80. The molecule has 2 aromatic carbocycles. The van der Waals surface area contributed by atoms with Crippen LogP contribution in [0.1, 0.15) is 6.92 Å². The molecule has 0 bridgehead atoms. The maximum atomic E-state index is 12.5. The zero-order chi connectivity index (χ0) is 22.4. The first-order valence-corrected chi connectivity index (χ1v) is 9.36. The molecule has 5 atom stereocenters. The molecule has 0 saturated carbocycles. The summed E-state index contributed by atoms with van der Waals surface area (Å²) >= 11 is 0. The number of phenolic OH excluding ortho intramolecular Hbond substituents is 3. The van der Waals surface area contributed by atoms with Gasteiger partial charge in [-0.05, 0) is 31.2 Å². The Bertz CT molecular complexity index is 1170. The van der Waals surface area contributed by atoms with Crippen molar-refractivity contribution < 1.29 is 44.5 Å². The summed E-state index contributed by atoms with van der Waals surface area (Å²) in [5.41, 5.74) is -0.284. The van der Waals surface area contributed by atoms with Gasteiger partial charge in [0.1, 0.15) is 40.8 Å². The number of benzene rings is 2. The predicted molar refractivity (Wildman–Crippen MR) is 106 cm³/mol. The molecule has 3 aromatic rings. The van der Waals surface area contributed by atoms with Crippen molar-refractivity contribution in [2.24, 2.45) is 0 Å². The van der Waals surface area contributed by atoms with Gasteiger partial charge in [0, 0.05) is 17.7 Å². The minimum atomic E-state index is -1.65. The number of phenols is 3. The fourth-order valence-corrected chi connectivity index (χ4v) is 3.36. The Hall–Kier alpha value is -3.31. The topological polar surface area (TPSA) is 170 Å². The fourth-order valence-electron chi connectivity index (χ4n) is 3.36. The maximum Gasteiger partial charge on any atom is 0.229 e. The van der Waals surface area contributed by atoms with Gasteiger partial charge in [-0.25, -0.2) is 0 Å². The highest BCUT2D eigenvalue weighted by molar-refractivity contribution is 5.89. The fraction of sp³-hybridized carbons (Fsp3) is 0.286. The minimum absolute atomic E-state index is 0.0257. The lowest BCUT2D eigenvalue weighted by atomic mass is 10.00. The molecule has 6 N–H and O–H groups in total. The second-order valence-corrected chi connectivity index (χ2v) is 7.27. The van der Waals surface area contributed by atoms with Crippen molar-refractivity contribution in [3.05, 3.63) is 46.6 Å². The molecule has 1 aliphatic rings. The third-order valence-corrected chi connectivity index (χ3v) is 5.13. The summed E-state index contributed by atoms with van der Waals surface area (Å²) in [6.07, 6.45) is -6.94. The number of rotatable bonds is 3. The smallest absolute Gasteiger partial charge is 0.229 e. The molecule has 0 amide bonds. The van der Waals surface area contributed by atoms with Crippen molar-refractivity contribution in [3.8, 4) is 34.3 Å². The summed E-state index contributed by atoms with van der Waals surface area (Å²) in [7, 11) is 0. The van der Waals surface area contributed by atoms with Crippen LogP contribution in [0.5, 0.6) is 23.0 Å². The lowest BCUT2D eigenvalue weighted by Gasteiger charge is -2.38. The van der Waals surface area contributed by atoms with Crippen molar-refractivity contribution >= 4 is 11.0 Å². The second kappa shape index (κ2) is 7.75. The maximum absolute atomic E-state index is 12.5. The molecule has 164 valence electrons. The van der Waals surface area contributed by atoms with Gasteiger partial charge in [0.05, 0.1) is 6.10 Å². The SMILES string of the molecule is C[C@H]1O[C@@H](Oc2cc3oc(-c4ccc(O)cc4)cc(=O)c3c(O)c2O)[C@H](O)[C@H](O)[C@@H]1O. The van der Waals surface area contributed by atoms with Crippen LogP contribution in [0.25, 0.3) is 22.3 Å². The van der Waals surface area contributed by atoms with E-state index < -0.39 is 47.6 Å². The van der Waals surface area contributed by atoms with Crippen LogP contribution in [0.2, 0.25) is 0 Å². The standard InChI is InChI=1S/C21H20O10/c1-8-16(24)19(27)20(28)21(29-8)31-14-7-13-15(18(26)17(14)25)11(23)6-12(30-13)9-2-4-10(22)5-3-9/h2-8,16,19-22,24-28H,1H3/t8-,16-,19-,20-,21+/m1/s1. The first-order chi connectivity index (χ1) is 14.7. The Balaban J connectivity index is 1.77. The number of aliphatic hydroxyl groups is 3. The Morgan fingerprint density at radius 3 is 2.26 bits per heavy atom. The molecule has 0 spiro atoms. The van der Waals surface area contributed by atoms with Crippen LogP contribution in [0.3, 0.4) is 0 Å². The molecule has 1 aromatic heterocycles. The summed E-state index contributed by atoms with van der Waals surface area (Å²) in [6, 6.07) is 8.13. The Labute approximate surface area is 174 Å². The summed E-state index contributed by atoms with van der Waals surface area (Å²) in [5, 5.41) is 59.6. The first-order valence-electron chi connectivity index (χ1n) is 9.36. The Morgan fingerprint density at radius 1 is 0.903 bits per heavy atom. The average molecular weight is 432 g/mol. The van der Waals surface area contributed by atoms with E-state index in [1.807, 2.05) is 0 Å². The van der Waals surface area contributed by atoms with Gasteiger partial charge in [0.15, 0.2) is 16.9 Å². The molecule has 10 nitrogen and oxygen atoms in total. The Morgan fingerprint density at radius 2 is 1.58 bits per heavy atom. The van der Waals surface area contributed by atoms with Crippen LogP contribution < -0.4 is 10.2 Å². The van der Waals surface area contributed by atoms with Gasteiger partial charge in [-0.3, -0.25) is 4.79 Å². The highest BCUT2D eigenvalue weighted by Crippen LogP contribution is 2.42. The summed E-state index contributed by atoms with van der Waals surface area (Å²) < 4.78 is 16.5. The minimum Gasteiger partial charge on any atom is -0.508 e. The normalized spacial score (nSPS) is 26.1. The third-order valence-electron chi connectivity index (χ3n) is 5.13. The van der Waals surface area contributed by atoms with Crippen LogP contribution >= 0.6 is 0 Å². The van der Waals surface area contributed by atoms with Crippen LogP contribution in [0, 0.1) is 0 Å². The molecule has 10 heteroatoms. The van der Waals surface area contributed by atoms with E-state index >= 15 is 0 Å². The van der Waals surface area contributed by atoms with E-state index in [9.17, 15) is 35.4 Å². The van der Waals surface area contributed by atoms with E-state index in [0.29, 0.717) is 5.56 Å². The van der Waals surface area contributed by atoms with E-state index in [2.05, 4.69) is 0 Å². The van der Waals surface area contributed by atoms with E-state index in [1.165, 1.54) is 31.2 Å². The lowest BCUT2D eigenvalue weighted by molar-refractivity contribution is -0.268. The Kier molecular flexibility index (Phi) is 5.23. The van der Waals surface area contributed by atoms with E-state index in [-0.39, 0.29) is 28.2 Å². The summed E-state index contributed by atoms with van der Waals surface area (Å²) in [6.45, 7) is 1.46. The third kappa shape index (κ3) is 3.66. The van der Waals surface area contributed by atoms with Gasteiger partial charge < -0.3 is 44.5 Å². The molecular weight excluding hydrogens is 412 g/mol. The largest absolute Gasteiger partial charge is 0.508 e. The van der Waals surface area contributed by atoms with Gasteiger partial charge in [0.2, 0.25) is 12.0 Å². The second-order valence-electron chi connectivity index (χ2n) is 7.27. The van der Waals surface area contributed by atoms with Gasteiger partial charge in [0.25, 0.3) is 0 Å². The molecule has 1 fully saturated rings. The zero-order valence-electron chi connectivity index (χ0n) is 16.2. The number of hydrogen-bond donors (Lipinski definition) is 6. The number of ether oxygens (including phenoxy) is 2. The van der Waals surface area contributed by atoms with Gasteiger partial charge in [-0.1, -0.05) is 0 Å². The molecule has 4 rings (SSSR count). The van der Waals surface area contributed by atoms with E-state index in [1.54, 1.807) is 0 Å². The quantitative estimate of drug-likeness (QED) is 0.325. The van der Waals surface area contributed by atoms with E-state index in [0.717, 1.165) is 12.1 Å². The number of aliphatic hydroxyl groups excluding tert-OH is 3. The van der Waals surface area contributed by atoms with Gasteiger partial charge in [-0.15, -0.1) is 0 Å². The van der Waals surface area contributed by atoms with Crippen LogP contribution in [-0.4, -0.2) is 61.3 Å².